The summed E-state index contributed by atoms with van der Waals surface area (Å²) in [5.41, 5.74) is 5.71. The molecular weight excluding hydrogens is 394 g/mol. The molecule has 1 aromatic carbocycles. The van der Waals surface area contributed by atoms with E-state index in [-0.39, 0.29) is 6.04 Å². The fourth-order valence-corrected chi connectivity index (χ4v) is 3.39. The molecule has 1 heterocycles. The first-order valence-electron chi connectivity index (χ1n) is 8.70. The zero-order chi connectivity index (χ0) is 20.4. The van der Waals surface area contributed by atoms with E-state index >= 15 is 0 Å². The van der Waals surface area contributed by atoms with E-state index in [1.165, 1.54) is 0 Å². The predicted octanol–water partition coefficient (Wildman–Crippen LogP) is 3.00. The van der Waals surface area contributed by atoms with Crippen molar-refractivity contribution in [3.63, 3.8) is 0 Å². The Balaban J connectivity index is 2.04. The first-order valence-corrected chi connectivity index (χ1v) is 10.1. The van der Waals surface area contributed by atoms with Crippen molar-refractivity contribution in [2.75, 3.05) is 20.8 Å². The van der Waals surface area contributed by atoms with Crippen LogP contribution in [0.1, 0.15) is 25.0 Å². The third kappa shape index (κ3) is 7.06. The smallest absolute Gasteiger partial charge is 0.187 e. The van der Waals surface area contributed by atoms with Crippen molar-refractivity contribution in [2.45, 2.75) is 30.8 Å². The normalized spacial score (nSPS) is 12.4. The van der Waals surface area contributed by atoms with Gasteiger partial charge in [-0.1, -0.05) is 11.8 Å². The van der Waals surface area contributed by atoms with Gasteiger partial charge in [-0.05, 0) is 55.9 Å². The number of aromatic nitrogens is 2. The minimum Gasteiger partial charge on any atom is -0.496 e. The summed E-state index contributed by atoms with van der Waals surface area (Å²) in [6.07, 6.45) is 3.46. The Labute approximate surface area is 175 Å². The van der Waals surface area contributed by atoms with Gasteiger partial charge in [0.15, 0.2) is 10.3 Å². The molecule has 150 valence electrons. The van der Waals surface area contributed by atoms with Crippen molar-refractivity contribution in [2.24, 2.45) is 5.10 Å². The number of hydrogen-bond donors (Lipinski definition) is 2. The lowest BCUT2D eigenvalue weighted by Gasteiger charge is -2.14. The van der Waals surface area contributed by atoms with Crippen LogP contribution in [0.15, 0.2) is 46.9 Å². The summed E-state index contributed by atoms with van der Waals surface area (Å²) in [6, 6.07) is 7.86. The zero-order valence-electron chi connectivity index (χ0n) is 16.4. The Morgan fingerprint density at radius 2 is 2.04 bits per heavy atom. The largest absolute Gasteiger partial charge is 0.496 e. The van der Waals surface area contributed by atoms with Crippen molar-refractivity contribution in [1.29, 1.82) is 0 Å². The topological polar surface area (TPSA) is 80.7 Å². The molecule has 0 bridgehead atoms. The first-order chi connectivity index (χ1) is 13.5. The van der Waals surface area contributed by atoms with Crippen molar-refractivity contribution >= 4 is 34.8 Å². The van der Waals surface area contributed by atoms with Crippen LogP contribution in [0.3, 0.4) is 0 Å². The summed E-state index contributed by atoms with van der Waals surface area (Å²) >= 11 is 6.80. The highest BCUT2D eigenvalue weighted by atomic mass is 32.2. The molecule has 7 nitrogen and oxygen atoms in total. The number of methoxy groups -OCH3 is 2. The van der Waals surface area contributed by atoms with Gasteiger partial charge in [-0.3, -0.25) is 5.43 Å². The molecule has 28 heavy (non-hydrogen) atoms. The number of thiocarbonyl (C=S) groups is 1. The van der Waals surface area contributed by atoms with Gasteiger partial charge >= 0.3 is 0 Å². The molecule has 2 N–H and O–H groups in total. The maximum absolute atomic E-state index is 5.48. The van der Waals surface area contributed by atoms with Crippen molar-refractivity contribution in [3.8, 4) is 5.75 Å². The average Bonchev–Trinajstić information content (AvgIpc) is 2.71. The highest BCUT2D eigenvalue weighted by Gasteiger charge is 2.09. The van der Waals surface area contributed by atoms with Crippen LogP contribution in [-0.2, 0) is 10.5 Å². The molecule has 1 aromatic heterocycles. The summed E-state index contributed by atoms with van der Waals surface area (Å²) < 4.78 is 10.6. The molecule has 0 aliphatic carbocycles. The standard InChI is InChI=1S/C19H25N5O2S2/c1-13(11-25-3)22-18(27)24-23-14(2)15-6-7-17(26-4)16(10-15)12-28-19-20-8-5-9-21-19/h5-10,13H,11-12H2,1-4H3,(H2,22,24,27)/b23-14-/t13-/m1/s1. The van der Waals surface area contributed by atoms with Gasteiger partial charge in [-0.2, -0.15) is 5.10 Å². The Bertz CT molecular complexity index is 802. The number of thioether (sulfide) groups is 1. The molecule has 2 aromatic rings. The molecule has 0 saturated carbocycles. The Hall–Kier alpha value is -2.23. The number of hydrazone groups is 1. The lowest BCUT2D eigenvalue weighted by molar-refractivity contribution is 0.179. The van der Waals surface area contributed by atoms with E-state index in [2.05, 4.69) is 31.9 Å². The second-order valence-corrected chi connectivity index (χ2v) is 7.34. The SMILES string of the molecule is COC[C@@H](C)NC(=S)N/N=C(/C)c1ccc(OC)c(CSc2ncccn2)c1. The molecule has 0 saturated heterocycles. The quantitative estimate of drug-likeness (QED) is 0.211. The van der Waals surface area contributed by atoms with Crippen LogP contribution in [0, 0.1) is 0 Å². The molecule has 0 spiro atoms. The Morgan fingerprint density at radius 3 is 2.71 bits per heavy atom. The number of hydrogen-bond acceptors (Lipinski definition) is 7. The Morgan fingerprint density at radius 1 is 1.29 bits per heavy atom. The first kappa shape index (κ1) is 22.1. The third-order valence-corrected chi connectivity index (χ3v) is 4.85. The molecule has 0 fully saturated rings. The zero-order valence-corrected chi connectivity index (χ0v) is 18.1. The molecule has 0 unspecified atom stereocenters. The molecule has 0 aliphatic heterocycles. The summed E-state index contributed by atoms with van der Waals surface area (Å²) in [5.74, 6) is 1.51. The minimum atomic E-state index is 0.102. The summed E-state index contributed by atoms with van der Waals surface area (Å²) in [6.45, 7) is 4.47. The van der Waals surface area contributed by atoms with E-state index in [0.29, 0.717) is 17.5 Å². The van der Waals surface area contributed by atoms with Crippen LogP contribution < -0.4 is 15.5 Å². The maximum atomic E-state index is 5.48. The van der Waals surface area contributed by atoms with E-state index in [1.807, 2.05) is 26.0 Å². The number of rotatable bonds is 9. The van der Waals surface area contributed by atoms with Gasteiger partial charge in [-0.25, -0.2) is 9.97 Å². The molecule has 0 amide bonds. The summed E-state index contributed by atoms with van der Waals surface area (Å²) in [4.78, 5) is 8.48. The molecular formula is C19H25N5O2S2. The van der Waals surface area contributed by atoms with Crippen molar-refractivity contribution < 1.29 is 9.47 Å². The van der Waals surface area contributed by atoms with Gasteiger partial charge in [0, 0.05) is 36.9 Å². The highest BCUT2D eigenvalue weighted by molar-refractivity contribution is 7.98. The fourth-order valence-electron chi connectivity index (χ4n) is 2.37. The number of ether oxygens (including phenoxy) is 2. The molecule has 2 rings (SSSR count). The van der Waals surface area contributed by atoms with Crippen molar-refractivity contribution in [3.05, 3.63) is 47.8 Å². The molecule has 0 radical (unpaired) electrons. The van der Waals surface area contributed by atoms with Gasteiger partial charge in [0.25, 0.3) is 0 Å². The maximum Gasteiger partial charge on any atom is 0.187 e. The lowest BCUT2D eigenvalue weighted by atomic mass is 10.1. The van der Waals surface area contributed by atoms with Crippen molar-refractivity contribution in [1.82, 2.24) is 20.7 Å². The summed E-state index contributed by atoms with van der Waals surface area (Å²) in [7, 11) is 3.32. The van der Waals surface area contributed by atoms with Crippen LogP contribution in [0.2, 0.25) is 0 Å². The molecule has 9 heteroatoms. The molecule has 1 atom stereocenters. The average molecular weight is 420 g/mol. The fraction of sp³-hybridized carbons (Fsp3) is 0.368. The summed E-state index contributed by atoms with van der Waals surface area (Å²) in [5, 5.41) is 8.66. The monoisotopic (exact) mass is 419 g/mol. The third-order valence-electron chi connectivity index (χ3n) is 3.72. The van der Waals surface area contributed by atoms with Crippen LogP contribution in [0.25, 0.3) is 0 Å². The predicted molar refractivity (Wildman–Crippen MR) is 117 cm³/mol. The van der Waals surface area contributed by atoms with E-state index in [0.717, 1.165) is 27.7 Å². The van der Waals surface area contributed by atoms with Gasteiger partial charge in [0.05, 0.1) is 19.4 Å². The van der Waals surface area contributed by atoms with Gasteiger partial charge < -0.3 is 14.8 Å². The lowest BCUT2D eigenvalue weighted by Crippen LogP contribution is -2.40. The van der Waals surface area contributed by atoms with Crippen LogP contribution in [0.5, 0.6) is 5.75 Å². The Kier molecular flexibility index (Phi) is 9.12. The van der Waals surface area contributed by atoms with E-state index in [9.17, 15) is 0 Å². The highest BCUT2D eigenvalue weighted by Crippen LogP contribution is 2.27. The van der Waals surface area contributed by atoms with Gasteiger partial charge in [0.2, 0.25) is 0 Å². The number of nitrogens with one attached hydrogen (secondary N) is 2. The van der Waals surface area contributed by atoms with E-state index in [4.69, 9.17) is 21.7 Å². The second kappa shape index (κ2) is 11.6. The van der Waals surface area contributed by atoms with E-state index < -0.39 is 0 Å². The van der Waals surface area contributed by atoms with Crippen LogP contribution in [-0.4, -0.2) is 47.7 Å². The van der Waals surface area contributed by atoms with Crippen LogP contribution >= 0.6 is 24.0 Å². The minimum absolute atomic E-state index is 0.102. The van der Waals surface area contributed by atoms with Gasteiger partial charge in [-0.15, -0.1) is 0 Å². The second-order valence-electron chi connectivity index (χ2n) is 5.99. The molecule has 0 aliphatic rings. The number of nitrogens with zero attached hydrogens (tertiary/aromatic N) is 3. The number of benzene rings is 1. The van der Waals surface area contributed by atoms with E-state index in [1.54, 1.807) is 44.4 Å². The van der Waals surface area contributed by atoms with Gasteiger partial charge in [0.1, 0.15) is 5.75 Å². The van der Waals surface area contributed by atoms with Crippen LogP contribution in [0.4, 0.5) is 0 Å².